The third kappa shape index (κ3) is 3.59. The first-order valence-electron chi connectivity index (χ1n) is 7.57. The number of hydrogen-bond acceptors (Lipinski definition) is 4. The van der Waals surface area contributed by atoms with E-state index >= 15 is 0 Å². The van der Waals surface area contributed by atoms with Gasteiger partial charge in [0.15, 0.2) is 5.78 Å². The molecule has 2 rings (SSSR count). The molecule has 21 heavy (non-hydrogen) atoms. The Balaban J connectivity index is 2.21. The Morgan fingerprint density at radius 2 is 2.05 bits per heavy atom. The lowest BCUT2D eigenvalue weighted by molar-refractivity contribution is 0.0978. The summed E-state index contributed by atoms with van der Waals surface area (Å²) in [7, 11) is 0. The molecule has 1 aromatic carbocycles. The van der Waals surface area contributed by atoms with Crippen molar-refractivity contribution in [3.63, 3.8) is 0 Å². The van der Waals surface area contributed by atoms with Gasteiger partial charge in [0.05, 0.1) is 10.7 Å². The Morgan fingerprint density at radius 1 is 1.29 bits per heavy atom. The summed E-state index contributed by atoms with van der Waals surface area (Å²) in [5.41, 5.74) is 2.02. The monoisotopic (exact) mass is 324 g/mol. The van der Waals surface area contributed by atoms with Crippen molar-refractivity contribution in [1.82, 2.24) is 0 Å². The van der Waals surface area contributed by atoms with Crippen LogP contribution in [0.1, 0.15) is 54.9 Å². The molecule has 0 atom stereocenters. The number of benzene rings is 1. The standard InChI is InChI=1S/C17H24O2S2/c1-4-5-6-7-15(18)13-8-9-14-16(12-13)19-11-10-17(14,20-2)21-3/h8-9,12H,4-7,10-11H2,1-3H3. The number of thioether (sulfide) groups is 2. The number of unbranched alkanes of at least 4 members (excludes halogenated alkanes) is 2. The summed E-state index contributed by atoms with van der Waals surface area (Å²) in [6.07, 6.45) is 9.19. The third-order valence-corrected chi connectivity index (χ3v) is 7.24. The molecular weight excluding hydrogens is 300 g/mol. The molecule has 0 fully saturated rings. The minimum Gasteiger partial charge on any atom is -0.493 e. The highest BCUT2D eigenvalue weighted by Gasteiger charge is 2.36. The van der Waals surface area contributed by atoms with Crippen molar-refractivity contribution in [2.24, 2.45) is 0 Å². The van der Waals surface area contributed by atoms with Gasteiger partial charge in [0.1, 0.15) is 5.75 Å². The molecular formula is C17H24O2S2. The molecule has 1 aliphatic rings. The summed E-state index contributed by atoms with van der Waals surface area (Å²) in [5.74, 6) is 1.13. The number of carbonyl (C=O) groups is 1. The van der Waals surface area contributed by atoms with Gasteiger partial charge in [0, 0.05) is 24.0 Å². The first kappa shape index (κ1) is 16.8. The van der Waals surface area contributed by atoms with Gasteiger partial charge in [-0.3, -0.25) is 4.79 Å². The molecule has 116 valence electrons. The SMILES string of the molecule is CCCCCC(=O)c1ccc2c(c1)OCCC2(SC)SC. The Labute approximate surface area is 136 Å². The van der Waals surface area contributed by atoms with Gasteiger partial charge in [-0.05, 0) is 25.0 Å². The highest BCUT2D eigenvalue weighted by atomic mass is 32.2. The Bertz CT molecular complexity index is 496. The van der Waals surface area contributed by atoms with Crippen LogP contribution in [0.3, 0.4) is 0 Å². The summed E-state index contributed by atoms with van der Waals surface area (Å²) in [5, 5.41) is 0. The largest absolute Gasteiger partial charge is 0.493 e. The summed E-state index contributed by atoms with van der Waals surface area (Å²) < 4.78 is 5.89. The summed E-state index contributed by atoms with van der Waals surface area (Å²) in [4.78, 5) is 12.2. The van der Waals surface area contributed by atoms with Crippen molar-refractivity contribution in [2.75, 3.05) is 19.1 Å². The zero-order chi connectivity index (χ0) is 15.3. The number of hydrogen-bond donors (Lipinski definition) is 0. The number of rotatable bonds is 7. The number of fused-ring (bicyclic) bond motifs is 1. The average molecular weight is 325 g/mol. The lowest BCUT2D eigenvalue weighted by Crippen LogP contribution is -2.26. The molecule has 0 amide bonds. The van der Waals surface area contributed by atoms with Crippen LogP contribution in [-0.2, 0) is 4.08 Å². The third-order valence-electron chi connectivity index (χ3n) is 4.07. The summed E-state index contributed by atoms with van der Waals surface area (Å²) >= 11 is 3.73. The van der Waals surface area contributed by atoms with Crippen molar-refractivity contribution < 1.29 is 9.53 Å². The van der Waals surface area contributed by atoms with Crippen LogP contribution >= 0.6 is 23.5 Å². The second kappa shape index (κ2) is 7.59. The van der Waals surface area contributed by atoms with E-state index in [0.29, 0.717) is 6.42 Å². The summed E-state index contributed by atoms with van der Waals surface area (Å²) in [6, 6.07) is 6.02. The minimum absolute atomic E-state index is 0.0668. The van der Waals surface area contributed by atoms with Crippen LogP contribution in [0, 0.1) is 0 Å². The van der Waals surface area contributed by atoms with Gasteiger partial charge in [-0.2, -0.15) is 0 Å². The zero-order valence-electron chi connectivity index (χ0n) is 13.1. The van der Waals surface area contributed by atoms with Gasteiger partial charge in [0.25, 0.3) is 0 Å². The van der Waals surface area contributed by atoms with Crippen molar-refractivity contribution in [2.45, 2.75) is 43.1 Å². The van der Waals surface area contributed by atoms with E-state index in [1.807, 2.05) is 35.7 Å². The van der Waals surface area contributed by atoms with Crippen LogP contribution in [0.2, 0.25) is 0 Å². The van der Waals surface area contributed by atoms with Crippen LogP contribution in [-0.4, -0.2) is 24.9 Å². The first-order valence-corrected chi connectivity index (χ1v) is 10.0. The fraction of sp³-hybridized carbons (Fsp3) is 0.588. The van der Waals surface area contributed by atoms with Gasteiger partial charge >= 0.3 is 0 Å². The molecule has 0 N–H and O–H groups in total. The highest BCUT2D eigenvalue weighted by Crippen LogP contribution is 2.52. The predicted molar refractivity (Wildman–Crippen MR) is 93.7 cm³/mol. The maximum Gasteiger partial charge on any atom is 0.163 e. The lowest BCUT2D eigenvalue weighted by Gasteiger charge is -2.36. The van der Waals surface area contributed by atoms with Crippen LogP contribution in [0.25, 0.3) is 0 Å². The van der Waals surface area contributed by atoms with Gasteiger partial charge in [0.2, 0.25) is 0 Å². The fourth-order valence-electron chi connectivity index (χ4n) is 2.75. The van der Waals surface area contributed by atoms with E-state index in [4.69, 9.17) is 4.74 Å². The van der Waals surface area contributed by atoms with E-state index in [1.54, 1.807) is 0 Å². The highest BCUT2D eigenvalue weighted by molar-refractivity contribution is 8.16. The number of ether oxygens (including phenoxy) is 1. The van der Waals surface area contributed by atoms with Gasteiger partial charge in [-0.15, -0.1) is 23.5 Å². The number of ketones is 1. The molecule has 0 spiro atoms. The van der Waals surface area contributed by atoms with Crippen molar-refractivity contribution in [3.05, 3.63) is 29.3 Å². The predicted octanol–water partition coefficient (Wildman–Crippen LogP) is 5.11. The fourth-order valence-corrected chi connectivity index (χ4v) is 4.77. The molecule has 0 saturated carbocycles. The Morgan fingerprint density at radius 3 is 2.71 bits per heavy atom. The van der Waals surface area contributed by atoms with Crippen LogP contribution < -0.4 is 4.74 Å². The van der Waals surface area contributed by atoms with E-state index in [-0.39, 0.29) is 9.86 Å². The smallest absolute Gasteiger partial charge is 0.163 e. The van der Waals surface area contributed by atoms with Crippen LogP contribution in [0.5, 0.6) is 5.75 Å². The van der Waals surface area contributed by atoms with E-state index < -0.39 is 0 Å². The van der Waals surface area contributed by atoms with Crippen LogP contribution in [0.15, 0.2) is 18.2 Å². The molecule has 1 aliphatic heterocycles. The number of Topliss-reactive ketones (excluding diaryl/α,β-unsaturated/α-hetero) is 1. The molecule has 4 heteroatoms. The molecule has 0 bridgehead atoms. The second-order valence-corrected chi connectivity index (χ2v) is 7.82. The van der Waals surface area contributed by atoms with E-state index in [1.165, 1.54) is 5.56 Å². The zero-order valence-corrected chi connectivity index (χ0v) is 14.7. The van der Waals surface area contributed by atoms with E-state index in [2.05, 4.69) is 25.5 Å². The molecule has 0 unspecified atom stereocenters. The van der Waals surface area contributed by atoms with Gasteiger partial charge in [-0.1, -0.05) is 31.9 Å². The first-order chi connectivity index (χ1) is 10.2. The minimum atomic E-state index is 0.0668. The van der Waals surface area contributed by atoms with Crippen molar-refractivity contribution >= 4 is 29.3 Å². The second-order valence-electron chi connectivity index (χ2n) is 5.35. The normalized spacial score (nSPS) is 16.1. The van der Waals surface area contributed by atoms with Gasteiger partial charge in [-0.25, -0.2) is 0 Å². The molecule has 2 nitrogen and oxygen atoms in total. The molecule has 1 aromatic rings. The van der Waals surface area contributed by atoms with Gasteiger partial charge < -0.3 is 4.74 Å². The van der Waals surface area contributed by atoms with Crippen molar-refractivity contribution in [3.8, 4) is 5.75 Å². The molecule has 1 heterocycles. The Kier molecular flexibility index (Phi) is 6.06. The Hall–Kier alpha value is -0.610. The quantitative estimate of drug-likeness (QED) is 0.395. The molecule has 0 aromatic heterocycles. The lowest BCUT2D eigenvalue weighted by atomic mass is 9.99. The number of carbonyl (C=O) groups excluding carboxylic acids is 1. The molecule has 0 saturated heterocycles. The topological polar surface area (TPSA) is 26.3 Å². The maximum absolute atomic E-state index is 12.2. The van der Waals surface area contributed by atoms with E-state index in [9.17, 15) is 4.79 Å². The van der Waals surface area contributed by atoms with E-state index in [0.717, 1.165) is 43.6 Å². The van der Waals surface area contributed by atoms with Crippen LogP contribution in [0.4, 0.5) is 0 Å². The molecule has 0 radical (unpaired) electrons. The summed E-state index contributed by atoms with van der Waals surface area (Å²) in [6.45, 7) is 2.88. The van der Waals surface area contributed by atoms with Crippen molar-refractivity contribution in [1.29, 1.82) is 0 Å². The maximum atomic E-state index is 12.2. The molecule has 0 aliphatic carbocycles. The average Bonchev–Trinajstić information content (AvgIpc) is 2.53.